The minimum absolute atomic E-state index is 0.153. The number of hydrogen-bond donors (Lipinski definition) is 2. The fraction of sp³-hybridized carbons (Fsp3) is 0.800. The van der Waals surface area contributed by atoms with Crippen LogP contribution in [-0.2, 0) is 9.59 Å². The fourth-order valence-electron chi connectivity index (χ4n) is 1.11. The average Bonchev–Trinajstić information content (AvgIpc) is 2.72. The van der Waals surface area contributed by atoms with Crippen LogP contribution < -0.4 is 11.1 Å². The molecule has 1 saturated heterocycles. The van der Waals surface area contributed by atoms with E-state index < -0.39 is 17.7 Å². The number of Topliss-reactive ketones (excluding diaryl/α,β-unsaturated/α-hetero) is 1. The molecule has 0 aromatic heterocycles. The van der Waals surface area contributed by atoms with Crippen molar-refractivity contribution in [1.82, 2.24) is 5.32 Å². The zero-order valence-corrected chi connectivity index (χ0v) is 10.4. The molecule has 0 aliphatic carbocycles. The Morgan fingerprint density at radius 3 is 2.47 bits per heavy atom. The molecule has 0 bridgehead atoms. The van der Waals surface area contributed by atoms with Gasteiger partial charge in [-0.3, -0.25) is 9.59 Å². The highest BCUT2D eigenvalue weighted by Gasteiger charge is 2.23. The molecule has 88 valence electrons. The second kappa shape index (κ2) is 7.70. The Balaban J connectivity index is 0.000000921. The predicted molar refractivity (Wildman–Crippen MR) is 63.9 cm³/mol. The van der Waals surface area contributed by atoms with Gasteiger partial charge in [-0.25, -0.2) is 0 Å². The van der Waals surface area contributed by atoms with Gasteiger partial charge in [0.2, 0.25) is 5.78 Å². The van der Waals surface area contributed by atoms with Crippen LogP contribution in [0.25, 0.3) is 0 Å². The summed E-state index contributed by atoms with van der Waals surface area (Å²) in [5, 5.41) is 2.67. The van der Waals surface area contributed by atoms with E-state index in [1.807, 2.05) is 13.8 Å². The maximum absolute atomic E-state index is 11.2. The van der Waals surface area contributed by atoms with Gasteiger partial charge in [0, 0.05) is 11.8 Å². The number of carbonyl (C=O) groups excluding carboxylic acids is 2. The lowest BCUT2D eigenvalue weighted by Crippen LogP contribution is -2.45. The first-order valence-corrected chi connectivity index (χ1v) is 6.44. The third-order valence-electron chi connectivity index (χ3n) is 1.90. The lowest BCUT2D eigenvalue weighted by molar-refractivity contribution is -0.138. The summed E-state index contributed by atoms with van der Waals surface area (Å²) in [6.07, 6.45) is 0.947. The Kier molecular flexibility index (Phi) is 7.42. The van der Waals surface area contributed by atoms with Crippen molar-refractivity contribution < 1.29 is 9.59 Å². The Hall–Kier alpha value is -0.550. The van der Waals surface area contributed by atoms with Crippen molar-refractivity contribution in [3.8, 4) is 0 Å². The summed E-state index contributed by atoms with van der Waals surface area (Å²) < 4.78 is 0. The summed E-state index contributed by atoms with van der Waals surface area (Å²) in [5.74, 6) is 0.884. The molecule has 0 radical (unpaired) electrons. The molecule has 3 N–H and O–H groups in total. The lowest BCUT2D eigenvalue weighted by Gasteiger charge is -2.11. The number of hydrogen-bond acceptors (Lipinski definition) is 4. The van der Waals surface area contributed by atoms with Gasteiger partial charge in [0.05, 0.1) is 6.04 Å². The standard InChI is InChI=1S/C8H14N2O2S.C2H6/c1-5(9)7(11)8(12)10-6-2-3-13-4-6;1-2/h5-6H,2-4,9H2,1H3,(H,10,12);1-2H3. The van der Waals surface area contributed by atoms with E-state index in [9.17, 15) is 9.59 Å². The average molecular weight is 232 g/mol. The molecule has 1 heterocycles. The van der Waals surface area contributed by atoms with Gasteiger partial charge in [0.25, 0.3) is 5.91 Å². The molecular formula is C10H20N2O2S. The van der Waals surface area contributed by atoms with Gasteiger partial charge < -0.3 is 11.1 Å². The van der Waals surface area contributed by atoms with Crippen LogP contribution in [0.2, 0.25) is 0 Å². The van der Waals surface area contributed by atoms with E-state index in [1.165, 1.54) is 6.92 Å². The second-order valence-electron chi connectivity index (χ2n) is 3.19. The largest absolute Gasteiger partial charge is 0.346 e. The highest BCUT2D eigenvalue weighted by molar-refractivity contribution is 7.99. The lowest BCUT2D eigenvalue weighted by atomic mass is 10.2. The molecule has 1 amide bonds. The highest BCUT2D eigenvalue weighted by Crippen LogP contribution is 2.16. The Labute approximate surface area is 95.4 Å². The number of carbonyl (C=O) groups is 2. The van der Waals surface area contributed by atoms with E-state index in [0.717, 1.165) is 17.9 Å². The molecule has 0 aromatic rings. The first-order valence-electron chi connectivity index (χ1n) is 5.29. The van der Waals surface area contributed by atoms with Crippen LogP contribution in [0.5, 0.6) is 0 Å². The molecule has 0 aromatic carbocycles. The Morgan fingerprint density at radius 2 is 2.07 bits per heavy atom. The van der Waals surface area contributed by atoms with Crippen molar-refractivity contribution in [2.75, 3.05) is 11.5 Å². The van der Waals surface area contributed by atoms with Crippen LogP contribution >= 0.6 is 11.8 Å². The first-order chi connectivity index (χ1) is 7.11. The third kappa shape index (κ3) is 5.18. The van der Waals surface area contributed by atoms with Crippen LogP contribution in [0.1, 0.15) is 27.2 Å². The van der Waals surface area contributed by atoms with Crippen LogP contribution in [0.4, 0.5) is 0 Å². The van der Waals surface area contributed by atoms with Gasteiger partial charge in [0.15, 0.2) is 0 Å². The van der Waals surface area contributed by atoms with Crippen LogP contribution in [-0.4, -0.2) is 35.3 Å². The van der Waals surface area contributed by atoms with Gasteiger partial charge in [0.1, 0.15) is 0 Å². The predicted octanol–water partition coefficient (Wildman–Crippen LogP) is 0.551. The molecule has 1 aliphatic heterocycles. The quantitative estimate of drug-likeness (QED) is 0.697. The number of amides is 1. The SMILES string of the molecule is CC.CC(N)C(=O)C(=O)NC1CCSC1. The van der Waals surface area contributed by atoms with Gasteiger partial charge in [-0.05, 0) is 19.1 Å². The Bertz CT molecular complexity index is 213. The van der Waals surface area contributed by atoms with Crippen molar-refractivity contribution in [2.45, 2.75) is 39.3 Å². The molecule has 1 fully saturated rings. The summed E-state index contributed by atoms with van der Waals surface area (Å²) >= 11 is 1.79. The van der Waals surface area contributed by atoms with Crippen LogP contribution in [0, 0.1) is 0 Å². The molecule has 1 aliphatic rings. The fourth-order valence-corrected chi connectivity index (χ4v) is 2.26. The maximum atomic E-state index is 11.2. The van der Waals surface area contributed by atoms with E-state index >= 15 is 0 Å². The zero-order chi connectivity index (χ0) is 11.8. The smallest absolute Gasteiger partial charge is 0.289 e. The first kappa shape index (κ1) is 14.5. The summed E-state index contributed by atoms with van der Waals surface area (Å²) in [5.41, 5.74) is 5.30. The van der Waals surface area contributed by atoms with Crippen molar-refractivity contribution in [3.63, 3.8) is 0 Å². The number of thioether (sulfide) groups is 1. The molecule has 15 heavy (non-hydrogen) atoms. The maximum Gasteiger partial charge on any atom is 0.289 e. The van der Waals surface area contributed by atoms with Gasteiger partial charge in [-0.2, -0.15) is 11.8 Å². The van der Waals surface area contributed by atoms with Crippen molar-refractivity contribution in [3.05, 3.63) is 0 Å². The topological polar surface area (TPSA) is 72.2 Å². The van der Waals surface area contributed by atoms with E-state index in [1.54, 1.807) is 11.8 Å². The van der Waals surface area contributed by atoms with Crippen molar-refractivity contribution in [1.29, 1.82) is 0 Å². The summed E-state index contributed by atoms with van der Waals surface area (Å²) in [4.78, 5) is 22.3. The third-order valence-corrected chi connectivity index (χ3v) is 3.06. The number of nitrogens with two attached hydrogens (primary N) is 1. The van der Waals surface area contributed by atoms with Crippen molar-refractivity contribution in [2.24, 2.45) is 5.73 Å². The number of rotatable bonds is 3. The normalized spacial score (nSPS) is 21.2. The number of ketones is 1. The van der Waals surface area contributed by atoms with Crippen LogP contribution in [0.3, 0.4) is 0 Å². The highest BCUT2D eigenvalue weighted by atomic mass is 32.2. The van der Waals surface area contributed by atoms with E-state index in [0.29, 0.717) is 0 Å². The molecule has 4 nitrogen and oxygen atoms in total. The second-order valence-corrected chi connectivity index (χ2v) is 4.34. The van der Waals surface area contributed by atoms with E-state index in [2.05, 4.69) is 5.32 Å². The molecule has 0 saturated carbocycles. The van der Waals surface area contributed by atoms with Gasteiger partial charge in [-0.1, -0.05) is 13.8 Å². The Morgan fingerprint density at radius 1 is 1.47 bits per heavy atom. The minimum Gasteiger partial charge on any atom is -0.346 e. The van der Waals surface area contributed by atoms with Gasteiger partial charge in [-0.15, -0.1) is 0 Å². The summed E-state index contributed by atoms with van der Waals surface area (Å²) in [6.45, 7) is 5.52. The van der Waals surface area contributed by atoms with E-state index in [-0.39, 0.29) is 6.04 Å². The van der Waals surface area contributed by atoms with Gasteiger partial charge >= 0.3 is 0 Å². The zero-order valence-electron chi connectivity index (χ0n) is 9.58. The monoisotopic (exact) mass is 232 g/mol. The molecular weight excluding hydrogens is 212 g/mol. The van der Waals surface area contributed by atoms with Crippen LogP contribution in [0.15, 0.2) is 0 Å². The van der Waals surface area contributed by atoms with Crippen molar-refractivity contribution >= 4 is 23.5 Å². The molecule has 5 heteroatoms. The number of nitrogens with one attached hydrogen (secondary N) is 1. The molecule has 1 rings (SSSR count). The molecule has 0 spiro atoms. The summed E-state index contributed by atoms with van der Waals surface area (Å²) in [7, 11) is 0. The summed E-state index contributed by atoms with van der Waals surface area (Å²) in [6, 6.07) is -0.547. The minimum atomic E-state index is -0.700. The van der Waals surface area contributed by atoms with E-state index in [4.69, 9.17) is 5.73 Å². The molecule has 2 atom stereocenters. The molecule has 2 unspecified atom stereocenters.